The van der Waals surface area contributed by atoms with Gasteiger partial charge in [-0.2, -0.15) is 0 Å². The molecule has 1 aliphatic rings. The van der Waals surface area contributed by atoms with Crippen LogP contribution in [0.2, 0.25) is 0 Å². The smallest absolute Gasteiger partial charge is 0.123 e. The maximum atomic E-state index is 10.4. The van der Waals surface area contributed by atoms with Crippen molar-refractivity contribution in [2.75, 3.05) is 0 Å². The number of benzene rings is 1. The van der Waals surface area contributed by atoms with Crippen LogP contribution in [0.25, 0.3) is 0 Å². The molecule has 0 fully saturated rings. The average Bonchev–Trinajstić information content (AvgIpc) is 2.50. The molecule has 1 atom stereocenters. The van der Waals surface area contributed by atoms with Crippen LogP contribution in [0.5, 0.6) is 11.5 Å². The van der Waals surface area contributed by atoms with E-state index < -0.39 is 0 Å². The number of phenolic OH excluding ortho intramolecular Hbond substituents is 2. The molecular weight excluding hydrogens is 284 g/mol. The first-order valence-electron chi connectivity index (χ1n) is 9.34. The first kappa shape index (κ1) is 17.9. The number of allylic oxidation sites excluding steroid dienone is 2. The Kier molecular flexibility index (Phi) is 7.01. The maximum Gasteiger partial charge on any atom is 0.123 e. The first-order chi connectivity index (χ1) is 11.1. The van der Waals surface area contributed by atoms with Gasteiger partial charge in [-0.1, -0.05) is 50.7 Å². The fourth-order valence-electron chi connectivity index (χ4n) is 3.65. The van der Waals surface area contributed by atoms with Gasteiger partial charge in [0.05, 0.1) is 0 Å². The van der Waals surface area contributed by atoms with Crippen LogP contribution in [-0.4, -0.2) is 10.2 Å². The molecule has 2 rings (SSSR count). The highest BCUT2D eigenvalue weighted by Gasteiger charge is 2.21. The second-order valence-corrected chi connectivity index (χ2v) is 7.08. The lowest BCUT2D eigenvalue weighted by atomic mass is 9.84. The predicted molar refractivity (Wildman–Crippen MR) is 97.2 cm³/mol. The van der Waals surface area contributed by atoms with Gasteiger partial charge in [0, 0.05) is 11.5 Å². The molecule has 0 heterocycles. The molecular formula is C21H32O2. The molecule has 1 aromatic rings. The van der Waals surface area contributed by atoms with E-state index in [1.807, 2.05) is 12.1 Å². The monoisotopic (exact) mass is 316 g/mol. The van der Waals surface area contributed by atoms with Crippen molar-refractivity contribution in [1.29, 1.82) is 0 Å². The molecule has 128 valence electrons. The molecule has 0 amide bonds. The number of aryl methyl sites for hydroxylation is 1. The zero-order valence-electron chi connectivity index (χ0n) is 14.8. The normalized spacial score (nSPS) is 18.0. The summed E-state index contributed by atoms with van der Waals surface area (Å²) in [7, 11) is 0. The topological polar surface area (TPSA) is 40.5 Å². The summed E-state index contributed by atoms with van der Waals surface area (Å²) in [6.07, 6.45) is 14.0. The summed E-state index contributed by atoms with van der Waals surface area (Å²) in [5.74, 6) is 0.690. The number of aromatic hydroxyl groups is 2. The highest BCUT2D eigenvalue weighted by atomic mass is 16.3. The van der Waals surface area contributed by atoms with E-state index >= 15 is 0 Å². The van der Waals surface area contributed by atoms with Crippen LogP contribution in [0, 0.1) is 0 Å². The Bertz CT molecular complexity index is 508. The molecule has 0 saturated heterocycles. The van der Waals surface area contributed by atoms with Crippen molar-refractivity contribution >= 4 is 0 Å². The molecule has 0 aromatic heterocycles. The quantitative estimate of drug-likeness (QED) is 0.442. The third-order valence-corrected chi connectivity index (χ3v) is 4.96. The Morgan fingerprint density at radius 1 is 1.00 bits per heavy atom. The summed E-state index contributed by atoms with van der Waals surface area (Å²) in [4.78, 5) is 0. The van der Waals surface area contributed by atoms with Crippen molar-refractivity contribution in [2.24, 2.45) is 0 Å². The zero-order chi connectivity index (χ0) is 16.7. The van der Waals surface area contributed by atoms with E-state index in [4.69, 9.17) is 0 Å². The van der Waals surface area contributed by atoms with Gasteiger partial charge >= 0.3 is 0 Å². The largest absolute Gasteiger partial charge is 0.507 e. The minimum Gasteiger partial charge on any atom is -0.507 e. The summed E-state index contributed by atoms with van der Waals surface area (Å²) in [6, 6.07) is 3.72. The summed E-state index contributed by atoms with van der Waals surface area (Å²) in [5.41, 5.74) is 3.13. The van der Waals surface area contributed by atoms with Crippen LogP contribution < -0.4 is 0 Å². The van der Waals surface area contributed by atoms with Crippen LogP contribution in [0.15, 0.2) is 23.8 Å². The number of unbranched alkanes of at least 4 members (excludes halogenated alkanes) is 5. The number of hydrogen-bond donors (Lipinski definition) is 2. The molecule has 2 N–H and O–H groups in total. The summed E-state index contributed by atoms with van der Waals surface area (Å²) < 4.78 is 0. The molecule has 0 radical (unpaired) electrons. The molecule has 0 saturated carbocycles. The first-order valence-corrected chi connectivity index (χ1v) is 9.34. The van der Waals surface area contributed by atoms with Crippen LogP contribution in [0.4, 0.5) is 0 Å². The van der Waals surface area contributed by atoms with Gasteiger partial charge in [0.1, 0.15) is 11.5 Å². The Balaban J connectivity index is 1.96. The molecule has 1 aromatic carbocycles. The standard InChI is InChI=1S/C21H32O2/c1-3-4-5-6-7-8-11-17-14-19(22)21(20(23)15-17)18-12-9-10-16(2)13-18/h13-15,18,22-23H,3-12H2,1-2H3. The fourth-order valence-corrected chi connectivity index (χ4v) is 3.65. The Morgan fingerprint density at radius 2 is 1.65 bits per heavy atom. The van der Waals surface area contributed by atoms with Gasteiger partial charge in [0.15, 0.2) is 0 Å². The molecule has 1 unspecified atom stereocenters. The second-order valence-electron chi connectivity index (χ2n) is 7.08. The van der Waals surface area contributed by atoms with Gasteiger partial charge in [-0.15, -0.1) is 0 Å². The van der Waals surface area contributed by atoms with Crippen LogP contribution >= 0.6 is 0 Å². The molecule has 0 spiro atoms. The van der Waals surface area contributed by atoms with Gasteiger partial charge in [-0.3, -0.25) is 0 Å². The number of phenols is 2. The predicted octanol–water partition coefficient (Wildman–Crippen LogP) is 6.21. The zero-order valence-corrected chi connectivity index (χ0v) is 14.8. The van der Waals surface area contributed by atoms with Gasteiger partial charge in [-0.25, -0.2) is 0 Å². The third kappa shape index (κ3) is 5.30. The molecule has 0 bridgehead atoms. The fraction of sp³-hybridized carbons (Fsp3) is 0.619. The SMILES string of the molecule is CCCCCCCCc1cc(O)c(C2C=C(C)CCC2)c(O)c1. The van der Waals surface area contributed by atoms with Gasteiger partial charge < -0.3 is 10.2 Å². The number of rotatable bonds is 8. The highest BCUT2D eigenvalue weighted by Crippen LogP contribution is 2.41. The lowest BCUT2D eigenvalue weighted by Gasteiger charge is -2.22. The summed E-state index contributed by atoms with van der Waals surface area (Å²) in [6.45, 7) is 4.36. The number of hydrogen-bond acceptors (Lipinski definition) is 2. The average molecular weight is 316 g/mol. The van der Waals surface area contributed by atoms with E-state index in [2.05, 4.69) is 19.9 Å². The molecule has 1 aliphatic carbocycles. The van der Waals surface area contributed by atoms with Crippen LogP contribution in [0.3, 0.4) is 0 Å². The minimum atomic E-state index is 0.159. The van der Waals surface area contributed by atoms with E-state index in [-0.39, 0.29) is 17.4 Å². The third-order valence-electron chi connectivity index (χ3n) is 4.96. The molecule has 2 heteroatoms. The van der Waals surface area contributed by atoms with E-state index in [0.29, 0.717) is 0 Å². The van der Waals surface area contributed by atoms with Gasteiger partial charge in [0.25, 0.3) is 0 Å². The van der Waals surface area contributed by atoms with Crippen LogP contribution in [0.1, 0.15) is 88.7 Å². The Morgan fingerprint density at radius 3 is 2.30 bits per heavy atom. The Labute approximate surface area is 141 Å². The van der Waals surface area contributed by atoms with Crippen molar-refractivity contribution in [3.05, 3.63) is 34.9 Å². The van der Waals surface area contributed by atoms with Crippen molar-refractivity contribution in [2.45, 2.75) is 84.0 Å². The van der Waals surface area contributed by atoms with E-state index in [0.717, 1.165) is 43.2 Å². The van der Waals surface area contributed by atoms with Crippen molar-refractivity contribution < 1.29 is 10.2 Å². The molecule has 23 heavy (non-hydrogen) atoms. The van der Waals surface area contributed by atoms with Crippen molar-refractivity contribution in [3.8, 4) is 11.5 Å². The highest BCUT2D eigenvalue weighted by molar-refractivity contribution is 5.50. The molecule has 2 nitrogen and oxygen atoms in total. The lowest BCUT2D eigenvalue weighted by Crippen LogP contribution is -2.03. The van der Waals surface area contributed by atoms with E-state index in [1.54, 1.807) is 0 Å². The summed E-state index contributed by atoms with van der Waals surface area (Å²) in [5, 5.41) is 20.8. The van der Waals surface area contributed by atoms with Gasteiger partial charge in [0.2, 0.25) is 0 Å². The van der Waals surface area contributed by atoms with E-state index in [1.165, 1.54) is 37.7 Å². The summed E-state index contributed by atoms with van der Waals surface area (Å²) >= 11 is 0. The maximum absolute atomic E-state index is 10.4. The van der Waals surface area contributed by atoms with Crippen molar-refractivity contribution in [3.63, 3.8) is 0 Å². The van der Waals surface area contributed by atoms with Gasteiger partial charge in [-0.05, 0) is 56.7 Å². The second kappa shape index (κ2) is 9.00. The lowest BCUT2D eigenvalue weighted by molar-refractivity contribution is 0.427. The Hall–Kier alpha value is -1.44. The van der Waals surface area contributed by atoms with E-state index in [9.17, 15) is 10.2 Å². The van der Waals surface area contributed by atoms with Crippen LogP contribution in [-0.2, 0) is 6.42 Å². The van der Waals surface area contributed by atoms with Crippen molar-refractivity contribution in [1.82, 2.24) is 0 Å². The minimum absolute atomic E-state index is 0.159. The molecule has 0 aliphatic heterocycles.